The Morgan fingerprint density at radius 3 is 2.65 bits per heavy atom. The van der Waals surface area contributed by atoms with Gasteiger partial charge in [-0.3, -0.25) is 0 Å². The third kappa shape index (κ3) is 5.78. The predicted octanol–water partition coefficient (Wildman–Crippen LogP) is 2.51. The molecule has 0 saturated carbocycles. The molecule has 0 aliphatic rings. The molecule has 0 aliphatic carbocycles. The number of anilines is 1. The summed E-state index contributed by atoms with van der Waals surface area (Å²) < 4.78 is 32.6. The molecule has 0 radical (unpaired) electrons. The first-order valence-electron chi connectivity index (χ1n) is 6.49. The Hall–Kier alpha value is -0.630. The fraction of sp³-hybridized carbons (Fsp3) is 0.538. The van der Waals surface area contributed by atoms with E-state index in [4.69, 9.17) is 10.5 Å². The van der Waals surface area contributed by atoms with Crippen LogP contribution in [-0.4, -0.2) is 27.7 Å². The number of unbranched alkanes of at least 4 members (excludes halogenated alkanes) is 1. The van der Waals surface area contributed by atoms with Crippen LogP contribution in [-0.2, 0) is 14.8 Å². The molecule has 114 valence electrons. The molecule has 0 atom stereocenters. The number of nitrogen functional groups attached to an aromatic ring is 1. The van der Waals surface area contributed by atoms with Gasteiger partial charge in [0.15, 0.2) is 0 Å². The van der Waals surface area contributed by atoms with Crippen LogP contribution in [0.15, 0.2) is 27.6 Å². The summed E-state index contributed by atoms with van der Waals surface area (Å²) in [7, 11) is -3.48. The number of ether oxygens (including phenoxy) is 1. The van der Waals surface area contributed by atoms with E-state index in [2.05, 4.69) is 20.7 Å². The molecule has 1 rings (SSSR count). The molecule has 0 amide bonds. The van der Waals surface area contributed by atoms with Gasteiger partial charge in [0.05, 0.1) is 11.0 Å². The number of nitrogens with two attached hydrogens (primary N) is 1. The molecule has 0 aromatic heterocycles. The maximum Gasteiger partial charge on any atom is 0.240 e. The van der Waals surface area contributed by atoms with Crippen molar-refractivity contribution in [2.24, 2.45) is 0 Å². The van der Waals surface area contributed by atoms with Crippen molar-refractivity contribution in [3.8, 4) is 0 Å². The van der Waals surface area contributed by atoms with Gasteiger partial charge in [-0.2, -0.15) is 0 Å². The molecule has 1 aromatic carbocycles. The van der Waals surface area contributed by atoms with Gasteiger partial charge in [-0.05, 0) is 60.8 Å². The summed E-state index contributed by atoms with van der Waals surface area (Å²) in [5.41, 5.74) is 6.14. The summed E-state index contributed by atoms with van der Waals surface area (Å²) in [6.45, 7) is 4.99. The van der Waals surface area contributed by atoms with E-state index in [9.17, 15) is 8.42 Å². The van der Waals surface area contributed by atoms with Gasteiger partial charge >= 0.3 is 0 Å². The first-order valence-corrected chi connectivity index (χ1v) is 8.77. The van der Waals surface area contributed by atoms with E-state index in [1.54, 1.807) is 6.07 Å². The molecule has 7 heteroatoms. The van der Waals surface area contributed by atoms with Gasteiger partial charge in [-0.15, -0.1) is 0 Å². The van der Waals surface area contributed by atoms with Crippen LogP contribution in [0.1, 0.15) is 26.7 Å². The number of sulfonamides is 1. The minimum atomic E-state index is -3.48. The van der Waals surface area contributed by atoms with Gasteiger partial charge < -0.3 is 10.5 Å². The van der Waals surface area contributed by atoms with E-state index in [1.807, 2.05) is 13.8 Å². The highest BCUT2D eigenvalue weighted by atomic mass is 79.9. The van der Waals surface area contributed by atoms with E-state index >= 15 is 0 Å². The molecule has 20 heavy (non-hydrogen) atoms. The van der Waals surface area contributed by atoms with Crippen LogP contribution in [0.3, 0.4) is 0 Å². The molecular formula is C13H21BrN2O3S. The van der Waals surface area contributed by atoms with Crippen molar-refractivity contribution in [2.45, 2.75) is 37.7 Å². The Labute approximate surface area is 129 Å². The van der Waals surface area contributed by atoms with E-state index in [0.29, 0.717) is 23.3 Å². The monoisotopic (exact) mass is 364 g/mol. The highest BCUT2D eigenvalue weighted by molar-refractivity contribution is 9.10. The van der Waals surface area contributed by atoms with Crippen molar-refractivity contribution < 1.29 is 13.2 Å². The van der Waals surface area contributed by atoms with E-state index in [1.165, 1.54) is 12.1 Å². The largest absolute Gasteiger partial charge is 0.398 e. The van der Waals surface area contributed by atoms with Crippen LogP contribution in [0, 0.1) is 0 Å². The van der Waals surface area contributed by atoms with Gasteiger partial charge in [-0.1, -0.05) is 0 Å². The topological polar surface area (TPSA) is 81.4 Å². The molecule has 0 fully saturated rings. The number of hydrogen-bond acceptors (Lipinski definition) is 4. The van der Waals surface area contributed by atoms with E-state index in [0.717, 1.165) is 12.8 Å². The minimum absolute atomic E-state index is 0.206. The van der Waals surface area contributed by atoms with Gasteiger partial charge in [-0.25, -0.2) is 13.1 Å². The predicted molar refractivity (Wildman–Crippen MR) is 84.1 cm³/mol. The van der Waals surface area contributed by atoms with Crippen molar-refractivity contribution in [3.05, 3.63) is 22.7 Å². The van der Waals surface area contributed by atoms with Gasteiger partial charge in [0.1, 0.15) is 0 Å². The average Bonchev–Trinajstić information content (AvgIpc) is 2.36. The Morgan fingerprint density at radius 1 is 1.35 bits per heavy atom. The third-order valence-electron chi connectivity index (χ3n) is 2.60. The van der Waals surface area contributed by atoms with Crippen molar-refractivity contribution in [3.63, 3.8) is 0 Å². The number of rotatable bonds is 8. The maximum atomic E-state index is 12.0. The number of nitrogens with one attached hydrogen (secondary N) is 1. The zero-order chi connectivity index (χ0) is 15.2. The second-order valence-electron chi connectivity index (χ2n) is 4.71. The quantitative estimate of drug-likeness (QED) is 0.548. The minimum Gasteiger partial charge on any atom is -0.398 e. The van der Waals surface area contributed by atoms with Crippen LogP contribution in [0.4, 0.5) is 5.69 Å². The Bertz CT molecular complexity index is 532. The van der Waals surface area contributed by atoms with Gasteiger partial charge in [0, 0.05) is 23.3 Å². The summed E-state index contributed by atoms with van der Waals surface area (Å²) in [5, 5.41) is 0. The lowest BCUT2D eigenvalue weighted by molar-refractivity contribution is 0.0762. The highest BCUT2D eigenvalue weighted by Gasteiger charge is 2.14. The number of hydrogen-bond donors (Lipinski definition) is 2. The molecule has 0 saturated heterocycles. The lowest BCUT2D eigenvalue weighted by Crippen LogP contribution is -2.25. The van der Waals surface area contributed by atoms with Crippen LogP contribution < -0.4 is 10.5 Å². The highest BCUT2D eigenvalue weighted by Crippen LogP contribution is 2.22. The van der Waals surface area contributed by atoms with Crippen molar-refractivity contribution in [1.29, 1.82) is 0 Å². The molecule has 0 bridgehead atoms. The summed E-state index contributed by atoms with van der Waals surface area (Å²) >= 11 is 3.22. The standard InChI is InChI=1S/C13H21BrN2O3S/c1-10(2)19-8-4-3-7-16-20(17,18)11-5-6-13(15)12(14)9-11/h5-6,9-10,16H,3-4,7-8,15H2,1-2H3. The van der Waals surface area contributed by atoms with E-state index < -0.39 is 10.0 Å². The Kier molecular flexibility index (Phi) is 6.94. The normalized spacial score (nSPS) is 12.0. The molecule has 0 unspecified atom stereocenters. The summed E-state index contributed by atoms with van der Waals surface area (Å²) in [4.78, 5) is 0.206. The summed E-state index contributed by atoms with van der Waals surface area (Å²) in [6, 6.07) is 4.55. The zero-order valence-electron chi connectivity index (χ0n) is 11.7. The third-order valence-corrected chi connectivity index (χ3v) is 4.74. The van der Waals surface area contributed by atoms with Crippen molar-refractivity contribution in [2.75, 3.05) is 18.9 Å². The molecular weight excluding hydrogens is 344 g/mol. The van der Waals surface area contributed by atoms with Crippen LogP contribution in [0.25, 0.3) is 0 Å². The molecule has 0 aliphatic heterocycles. The molecule has 0 spiro atoms. The zero-order valence-corrected chi connectivity index (χ0v) is 14.1. The molecule has 1 aromatic rings. The summed E-state index contributed by atoms with van der Waals surface area (Å²) in [6.07, 6.45) is 1.77. The van der Waals surface area contributed by atoms with Crippen molar-refractivity contribution in [1.82, 2.24) is 4.72 Å². The average molecular weight is 365 g/mol. The number of halogens is 1. The van der Waals surface area contributed by atoms with Crippen LogP contribution >= 0.6 is 15.9 Å². The molecule has 5 nitrogen and oxygen atoms in total. The number of benzene rings is 1. The molecule has 3 N–H and O–H groups in total. The fourth-order valence-electron chi connectivity index (χ4n) is 1.51. The van der Waals surface area contributed by atoms with Gasteiger partial charge in [0.25, 0.3) is 0 Å². The SMILES string of the molecule is CC(C)OCCCCNS(=O)(=O)c1ccc(N)c(Br)c1. The Morgan fingerprint density at radius 2 is 2.05 bits per heavy atom. The van der Waals surface area contributed by atoms with Crippen LogP contribution in [0.2, 0.25) is 0 Å². The second kappa shape index (κ2) is 7.97. The van der Waals surface area contributed by atoms with Crippen LogP contribution in [0.5, 0.6) is 0 Å². The smallest absolute Gasteiger partial charge is 0.240 e. The lowest BCUT2D eigenvalue weighted by Gasteiger charge is -2.09. The fourth-order valence-corrected chi connectivity index (χ4v) is 3.14. The first-order chi connectivity index (χ1) is 9.33. The second-order valence-corrected chi connectivity index (χ2v) is 7.33. The van der Waals surface area contributed by atoms with Crippen molar-refractivity contribution >= 4 is 31.6 Å². The first kappa shape index (κ1) is 17.4. The maximum absolute atomic E-state index is 12.0. The Balaban J connectivity index is 2.43. The lowest BCUT2D eigenvalue weighted by atomic mass is 10.3. The van der Waals surface area contributed by atoms with Gasteiger partial charge in [0.2, 0.25) is 10.0 Å². The molecule has 0 heterocycles. The van der Waals surface area contributed by atoms with E-state index in [-0.39, 0.29) is 11.0 Å². The summed E-state index contributed by atoms with van der Waals surface area (Å²) in [5.74, 6) is 0.